The van der Waals surface area contributed by atoms with Crippen LogP contribution in [0, 0.1) is 5.82 Å². The Morgan fingerprint density at radius 2 is 2.22 bits per heavy atom. The van der Waals surface area contributed by atoms with Gasteiger partial charge in [-0.1, -0.05) is 23.2 Å². The number of hydrazone groups is 1. The predicted molar refractivity (Wildman–Crippen MR) is 90.1 cm³/mol. The second-order valence-corrected chi connectivity index (χ2v) is 5.93. The van der Waals surface area contributed by atoms with Gasteiger partial charge in [0.1, 0.15) is 0 Å². The molecule has 2 aromatic rings. The van der Waals surface area contributed by atoms with Crippen molar-refractivity contribution in [3.63, 3.8) is 0 Å². The van der Waals surface area contributed by atoms with Crippen molar-refractivity contribution in [1.82, 2.24) is 4.98 Å². The molecule has 1 aromatic heterocycles. The van der Waals surface area contributed by atoms with E-state index in [-0.39, 0.29) is 28.0 Å². The molecule has 0 fully saturated rings. The quantitative estimate of drug-likeness (QED) is 0.356. The fourth-order valence-corrected chi connectivity index (χ4v) is 2.63. The van der Waals surface area contributed by atoms with Gasteiger partial charge in [0.25, 0.3) is 0 Å². The number of benzene rings is 1. The normalized spacial score (nSPS) is 11.0. The zero-order chi connectivity index (χ0) is 16.8. The van der Waals surface area contributed by atoms with Crippen molar-refractivity contribution in [2.24, 2.45) is 5.10 Å². The minimum absolute atomic E-state index is 0.0400. The van der Waals surface area contributed by atoms with Crippen molar-refractivity contribution in [2.45, 2.75) is 13.3 Å². The van der Waals surface area contributed by atoms with Gasteiger partial charge in [-0.3, -0.25) is 10.2 Å². The van der Waals surface area contributed by atoms with Gasteiger partial charge >= 0.3 is 5.97 Å². The monoisotopic (exact) mass is 375 g/mol. The third-order valence-electron chi connectivity index (χ3n) is 2.62. The Morgan fingerprint density at radius 3 is 2.96 bits per heavy atom. The zero-order valence-corrected chi connectivity index (χ0v) is 14.3. The number of nitrogens with zero attached hydrogens (tertiary/aromatic N) is 2. The Balaban J connectivity index is 2.00. The number of thiazole rings is 1. The van der Waals surface area contributed by atoms with Gasteiger partial charge in [-0.15, -0.1) is 11.3 Å². The first-order valence-corrected chi connectivity index (χ1v) is 8.17. The van der Waals surface area contributed by atoms with Crippen LogP contribution in [0.15, 0.2) is 22.6 Å². The molecule has 0 bridgehead atoms. The molecule has 0 aliphatic rings. The third-order valence-corrected chi connectivity index (χ3v) is 4.03. The van der Waals surface area contributed by atoms with Crippen LogP contribution in [0.3, 0.4) is 0 Å². The van der Waals surface area contributed by atoms with Crippen molar-refractivity contribution in [1.29, 1.82) is 0 Å². The maximum Gasteiger partial charge on any atom is 0.311 e. The van der Waals surface area contributed by atoms with E-state index in [0.29, 0.717) is 17.4 Å². The van der Waals surface area contributed by atoms with E-state index < -0.39 is 5.82 Å². The Morgan fingerprint density at radius 1 is 1.48 bits per heavy atom. The van der Waals surface area contributed by atoms with Gasteiger partial charge in [-0.05, 0) is 19.1 Å². The topological polar surface area (TPSA) is 63.6 Å². The number of aromatic nitrogens is 1. The van der Waals surface area contributed by atoms with Gasteiger partial charge in [-0.2, -0.15) is 5.10 Å². The lowest BCUT2D eigenvalue weighted by Gasteiger charge is -2.01. The summed E-state index contributed by atoms with van der Waals surface area (Å²) >= 11 is 12.8. The number of hydrogen-bond donors (Lipinski definition) is 1. The van der Waals surface area contributed by atoms with Crippen LogP contribution >= 0.6 is 34.5 Å². The van der Waals surface area contributed by atoms with E-state index in [2.05, 4.69) is 15.5 Å². The maximum atomic E-state index is 13.8. The van der Waals surface area contributed by atoms with Crippen molar-refractivity contribution in [3.8, 4) is 0 Å². The second kappa shape index (κ2) is 8.24. The van der Waals surface area contributed by atoms with E-state index >= 15 is 0 Å². The van der Waals surface area contributed by atoms with Gasteiger partial charge in [0, 0.05) is 5.38 Å². The summed E-state index contributed by atoms with van der Waals surface area (Å²) in [5.74, 6) is -0.993. The molecule has 0 spiro atoms. The molecule has 5 nitrogen and oxygen atoms in total. The smallest absolute Gasteiger partial charge is 0.311 e. The van der Waals surface area contributed by atoms with Crippen LogP contribution < -0.4 is 5.43 Å². The van der Waals surface area contributed by atoms with Crippen LogP contribution in [-0.4, -0.2) is 23.8 Å². The fraction of sp³-hybridized carbons (Fsp3) is 0.214. The highest BCUT2D eigenvalue weighted by atomic mass is 35.5. The average Bonchev–Trinajstić information content (AvgIpc) is 2.94. The summed E-state index contributed by atoms with van der Waals surface area (Å²) in [6.07, 6.45) is 1.31. The number of carbonyl (C=O) groups is 1. The van der Waals surface area contributed by atoms with Gasteiger partial charge in [0.2, 0.25) is 5.13 Å². The lowest BCUT2D eigenvalue weighted by Crippen LogP contribution is -2.07. The van der Waals surface area contributed by atoms with Crippen LogP contribution in [0.2, 0.25) is 10.0 Å². The highest BCUT2D eigenvalue weighted by molar-refractivity contribution is 7.13. The summed E-state index contributed by atoms with van der Waals surface area (Å²) in [6, 6.07) is 2.85. The van der Waals surface area contributed by atoms with E-state index in [1.807, 2.05) is 0 Å². The number of halogens is 3. The average molecular weight is 376 g/mol. The molecule has 2 rings (SSSR count). The molecule has 0 aliphatic carbocycles. The molecule has 9 heteroatoms. The van der Waals surface area contributed by atoms with E-state index in [4.69, 9.17) is 27.9 Å². The lowest BCUT2D eigenvalue weighted by molar-refractivity contribution is -0.142. The van der Waals surface area contributed by atoms with Crippen molar-refractivity contribution in [2.75, 3.05) is 12.0 Å². The fourth-order valence-electron chi connectivity index (χ4n) is 1.61. The summed E-state index contributed by atoms with van der Waals surface area (Å²) < 4.78 is 18.6. The first kappa shape index (κ1) is 17.7. The Bertz CT molecular complexity index is 737. The van der Waals surface area contributed by atoms with Crippen LogP contribution in [0.4, 0.5) is 9.52 Å². The number of carbonyl (C=O) groups excluding carboxylic acids is 1. The highest BCUT2D eigenvalue weighted by Gasteiger charge is 2.10. The summed E-state index contributed by atoms with van der Waals surface area (Å²) in [5, 5.41) is 6.20. The number of nitrogens with one attached hydrogen (secondary N) is 1. The molecular weight excluding hydrogens is 364 g/mol. The number of esters is 1. The van der Waals surface area contributed by atoms with Gasteiger partial charge < -0.3 is 4.74 Å². The first-order valence-electron chi connectivity index (χ1n) is 6.53. The Hall–Kier alpha value is -1.70. The van der Waals surface area contributed by atoms with E-state index in [0.717, 1.165) is 0 Å². The molecule has 0 saturated heterocycles. The Labute approximate surface area is 146 Å². The number of hydrogen-bond acceptors (Lipinski definition) is 6. The zero-order valence-electron chi connectivity index (χ0n) is 12.0. The minimum Gasteiger partial charge on any atom is -0.466 e. The molecule has 0 atom stereocenters. The van der Waals surface area contributed by atoms with Crippen molar-refractivity contribution in [3.05, 3.63) is 44.6 Å². The number of rotatable bonds is 6. The minimum atomic E-state index is -0.646. The first-order chi connectivity index (χ1) is 11.0. The number of anilines is 1. The summed E-state index contributed by atoms with van der Waals surface area (Å²) in [7, 11) is 0. The molecule has 0 unspecified atom stereocenters. The largest absolute Gasteiger partial charge is 0.466 e. The van der Waals surface area contributed by atoms with E-state index in [9.17, 15) is 9.18 Å². The molecule has 23 heavy (non-hydrogen) atoms. The summed E-state index contributed by atoms with van der Waals surface area (Å²) in [6.45, 7) is 2.06. The van der Waals surface area contributed by atoms with Gasteiger partial charge in [0.15, 0.2) is 5.82 Å². The van der Waals surface area contributed by atoms with Crippen LogP contribution in [-0.2, 0) is 16.0 Å². The molecule has 0 radical (unpaired) electrons. The predicted octanol–water partition coefficient (Wildman–Crippen LogP) is 4.14. The van der Waals surface area contributed by atoms with Crippen LogP contribution in [0.1, 0.15) is 18.2 Å². The van der Waals surface area contributed by atoms with Crippen LogP contribution in [0.5, 0.6) is 0 Å². The highest BCUT2D eigenvalue weighted by Crippen LogP contribution is 2.24. The molecular formula is C14H12Cl2FN3O2S. The third kappa shape index (κ3) is 4.89. The number of ether oxygens (including phenoxy) is 1. The SMILES string of the molecule is CCOC(=O)Cc1csc(NN=Cc2c(Cl)ccc(Cl)c2F)n1. The molecule has 1 aromatic carbocycles. The standard InChI is InChI=1S/C14H12Cl2FN3O2S/c1-2-22-12(21)5-8-7-23-14(19-8)20-18-6-9-10(15)3-4-11(16)13(9)17/h3-4,6-7H,2,5H2,1H3,(H,19,20). The molecule has 1 N–H and O–H groups in total. The molecule has 0 amide bonds. The molecule has 1 heterocycles. The summed E-state index contributed by atoms with van der Waals surface area (Å²) in [5.41, 5.74) is 3.30. The molecule has 0 aliphatic heterocycles. The summed E-state index contributed by atoms with van der Waals surface area (Å²) in [4.78, 5) is 15.5. The maximum absolute atomic E-state index is 13.8. The van der Waals surface area contributed by atoms with E-state index in [1.54, 1.807) is 12.3 Å². The van der Waals surface area contributed by atoms with Crippen LogP contribution in [0.25, 0.3) is 0 Å². The van der Waals surface area contributed by atoms with Gasteiger partial charge in [0.05, 0.1) is 40.5 Å². The molecule has 122 valence electrons. The Kier molecular flexibility index (Phi) is 6.32. The van der Waals surface area contributed by atoms with E-state index in [1.165, 1.54) is 29.7 Å². The van der Waals surface area contributed by atoms with Crippen molar-refractivity contribution < 1.29 is 13.9 Å². The molecule has 0 saturated carbocycles. The van der Waals surface area contributed by atoms with Crippen molar-refractivity contribution >= 4 is 51.9 Å². The van der Waals surface area contributed by atoms with Gasteiger partial charge in [-0.25, -0.2) is 9.37 Å². The lowest BCUT2D eigenvalue weighted by atomic mass is 10.2. The second-order valence-electron chi connectivity index (χ2n) is 4.25.